The molecule has 0 fully saturated rings. The number of nitrogens with zero attached hydrogens (tertiary/aromatic N) is 3. The van der Waals surface area contributed by atoms with Crippen LogP contribution in [0.5, 0.6) is 0 Å². The number of aryl methyl sites for hydroxylation is 2. The van der Waals surface area contributed by atoms with E-state index in [2.05, 4.69) is 11.9 Å². The first-order valence-electron chi connectivity index (χ1n) is 8.80. The number of aromatic nitrogens is 2. The van der Waals surface area contributed by atoms with Gasteiger partial charge in [0.25, 0.3) is 11.5 Å². The lowest BCUT2D eigenvalue weighted by atomic mass is 10.2. The molecule has 0 aliphatic heterocycles. The Balaban J connectivity index is 2.38. The molecule has 26 heavy (non-hydrogen) atoms. The van der Waals surface area contributed by atoms with Crippen LogP contribution in [-0.2, 0) is 16.0 Å². The van der Waals surface area contributed by atoms with Gasteiger partial charge in [-0.3, -0.25) is 14.2 Å². The smallest absolute Gasteiger partial charge is 0.264 e. The van der Waals surface area contributed by atoms with Crippen molar-refractivity contribution in [2.24, 2.45) is 0 Å². The molecule has 7 nitrogen and oxygen atoms in total. The number of hydrogen-bond donors (Lipinski definition) is 0. The first-order chi connectivity index (χ1) is 12.5. The van der Waals surface area contributed by atoms with Gasteiger partial charge in [-0.1, -0.05) is 13.3 Å². The minimum Gasteiger partial charge on any atom is -0.383 e. The first-order valence-corrected chi connectivity index (χ1v) is 9.62. The number of carbonyl (C=O) groups excluding carboxylic acids is 1. The second kappa shape index (κ2) is 9.80. The van der Waals surface area contributed by atoms with Gasteiger partial charge in [0.1, 0.15) is 4.83 Å². The fourth-order valence-electron chi connectivity index (χ4n) is 2.71. The summed E-state index contributed by atoms with van der Waals surface area (Å²) in [4.78, 5) is 33.0. The fraction of sp³-hybridized carbons (Fsp3) is 0.611. The second-order valence-electron chi connectivity index (χ2n) is 6.11. The van der Waals surface area contributed by atoms with Crippen LogP contribution in [0.15, 0.2) is 11.1 Å². The average molecular weight is 381 g/mol. The van der Waals surface area contributed by atoms with Crippen LogP contribution in [0, 0.1) is 6.92 Å². The Morgan fingerprint density at radius 3 is 2.50 bits per heavy atom. The summed E-state index contributed by atoms with van der Waals surface area (Å²) < 4.78 is 11.8. The molecule has 0 N–H and O–H groups in total. The lowest BCUT2D eigenvalue weighted by molar-refractivity contribution is 0.0631. The fourth-order valence-corrected chi connectivity index (χ4v) is 3.82. The van der Waals surface area contributed by atoms with Gasteiger partial charge < -0.3 is 14.4 Å². The molecular formula is C18H27N3O4S. The maximum absolute atomic E-state index is 13.0. The number of rotatable bonds is 10. The summed E-state index contributed by atoms with van der Waals surface area (Å²) >= 11 is 1.28. The molecule has 0 atom stereocenters. The number of ether oxygens (including phenoxy) is 2. The minimum absolute atomic E-state index is 0.0726. The summed E-state index contributed by atoms with van der Waals surface area (Å²) in [5, 5.41) is 0.551. The molecule has 1 amide bonds. The highest BCUT2D eigenvalue weighted by atomic mass is 32.1. The quantitative estimate of drug-likeness (QED) is 0.631. The van der Waals surface area contributed by atoms with E-state index in [0.717, 1.165) is 12.8 Å². The number of carbonyl (C=O) groups is 1. The highest BCUT2D eigenvalue weighted by molar-refractivity contribution is 7.20. The Hall–Kier alpha value is -1.77. The molecule has 2 aromatic heterocycles. The molecule has 0 saturated heterocycles. The number of fused-ring (bicyclic) bond motifs is 1. The van der Waals surface area contributed by atoms with Crippen molar-refractivity contribution in [1.82, 2.24) is 14.5 Å². The summed E-state index contributed by atoms with van der Waals surface area (Å²) in [6, 6.07) is 0. The van der Waals surface area contributed by atoms with Crippen molar-refractivity contribution in [2.75, 3.05) is 40.5 Å². The zero-order valence-electron chi connectivity index (χ0n) is 15.9. The van der Waals surface area contributed by atoms with E-state index in [1.54, 1.807) is 30.0 Å². The first kappa shape index (κ1) is 20.5. The van der Waals surface area contributed by atoms with E-state index in [9.17, 15) is 9.59 Å². The highest BCUT2D eigenvalue weighted by Crippen LogP contribution is 2.28. The number of amides is 1. The van der Waals surface area contributed by atoms with Crippen LogP contribution in [0.3, 0.4) is 0 Å². The molecule has 0 aromatic carbocycles. The molecule has 2 aromatic rings. The van der Waals surface area contributed by atoms with E-state index in [-0.39, 0.29) is 11.5 Å². The molecular weight excluding hydrogens is 354 g/mol. The van der Waals surface area contributed by atoms with Crippen molar-refractivity contribution < 1.29 is 14.3 Å². The summed E-state index contributed by atoms with van der Waals surface area (Å²) in [5.74, 6) is -0.112. The van der Waals surface area contributed by atoms with Crippen LogP contribution < -0.4 is 5.56 Å². The van der Waals surface area contributed by atoms with Gasteiger partial charge in [0.05, 0.1) is 29.8 Å². The van der Waals surface area contributed by atoms with Gasteiger partial charge >= 0.3 is 0 Å². The third-order valence-electron chi connectivity index (χ3n) is 4.28. The topological polar surface area (TPSA) is 73.7 Å². The standard InChI is InChI=1S/C18H27N3O4S/c1-5-6-7-21-12-19-16-14(17(21)22)13(2)15(26-16)18(23)20(8-10-24-3)9-11-25-4/h12H,5-11H2,1-4H3. The molecule has 0 unspecified atom stereocenters. The van der Waals surface area contributed by atoms with E-state index in [4.69, 9.17) is 9.47 Å². The lowest BCUT2D eigenvalue weighted by Crippen LogP contribution is -2.36. The summed E-state index contributed by atoms with van der Waals surface area (Å²) in [6.07, 6.45) is 3.51. The molecule has 0 bridgehead atoms. The van der Waals surface area contributed by atoms with Crippen LogP contribution >= 0.6 is 11.3 Å². The number of unbranched alkanes of at least 4 members (excludes halogenated alkanes) is 1. The van der Waals surface area contributed by atoms with E-state index < -0.39 is 0 Å². The molecule has 8 heteroatoms. The van der Waals surface area contributed by atoms with Crippen LogP contribution in [0.2, 0.25) is 0 Å². The normalized spacial score (nSPS) is 11.2. The molecule has 0 saturated carbocycles. The van der Waals surface area contributed by atoms with Crippen LogP contribution in [-0.4, -0.2) is 60.9 Å². The summed E-state index contributed by atoms with van der Waals surface area (Å²) in [6.45, 7) is 6.39. The predicted octanol–water partition coefficient (Wildman–Crippen LogP) is 2.30. The van der Waals surface area contributed by atoms with Gasteiger partial charge in [0.2, 0.25) is 0 Å². The Morgan fingerprint density at radius 1 is 1.27 bits per heavy atom. The highest BCUT2D eigenvalue weighted by Gasteiger charge is 2.23. The molecule has 0 spiro atoms. The molecule has 144 valence electrons. The molecule has 2 heterocycles. The average Bonchev–Trinajstić information content (AvgIpc) is 2.98. The van der Waals surface area contributed by atoms with Gasteiger partial charge in [-0.2, -0.15) is 0 Å². The predicted molar refractivity (Wildman–Crippen MR) is 103 cm³/mol. The van der Waals surface area contributed by atoms with Gasteiger partial charge in [0, 0.05) is 33.9 Å². The van der Waals surface area contributed by atoms with E-state index in [1.807, 2.05) is 6.92 Å². The van der Waals surface area contributed by atoms with Crippen molar-refractivity contribution in [1.29, 1.82) is 0 Å². The van der Waals surface area contributed by atoms with Crippen LogP contribution in [0.1, 0.15) is 35.0 Å². The molecule has 0 radical (unpaired) electrons. The van der Waals surface area contributed by atoms with Crippen molar-refractivity contribution in [3.63, 3.8) is 0 Å². The molecule has 0 aliphatic carbocycles. The summed E-state index contributed by atoms with van der Waals surface area (Å²) in [5.41, 5.74) is 0.634. The van der Waals surface area contributed by atoms with Gasteiger partial charge in [-0.05, 0) is 18.9 Å². The van der Waals surface area contributed by atoms with Crippen molar-refractivity contribution in [3.05, 3.63) is 27.1 Å². The van der Waals surface area contributed by atoms with Crippen molar-refractivity contribution in [2.45, 2.75) is 33.2 Å². The van der Waals surface area contributed by atoms with E-state index in [0.29, 0.717) is 53.5 Å². The van der Waals surface area contributed by atoms with Gasteiger partial charge in [-0.15, -0.1) is 11.3 Å². The van der Waals surface area contributed by atoms with E-state index in [1.165, 1.54) is 11.3 Å². The number of thiophene rings is 1. The number of hydrogen-bond acceptors (Lipinski definition) is 6. The van der Waals surface area contributed by atoms with Crippen LogP contribution in [0.4, 0.5) is 0 Å². The van der Waals surface area contributed by atoms with Crippen LogP contribution in [0.25, 0.3) is 10.2 Å². The minimum atomic E-state index is -0.112. The van der Waals surface area contributed by atoms with Gasteiger partial charge in [-0.25, -0.2) is 4.98 Å². The molecule has 0 aliphatic rings. The zero-order valence-corrected chi connectivity index (χ0v) is 16.7. The monoisotopic (exact) mass is 381 g/mol. The second-order valence-corrected chi connectivity index (χ2v) is 7.11. The van der Waals surface area contributed by atoms with Crippen molar-refractivity contribution in [3.8, 4) is 0 Å². The third kappa shape index (κ3) is 4.49. The maximum Gasteiger partial charge on any atom is 0.264 e. The number of methoxy groups -OCH3 is 2. The zero-order chi connectivity index (χ0) is 19.1. The maximum atomic E-state index is 13.0. The Labute approximate surface area is 157 Å². The van der Waals surface area contributed by atoms with Gasteiger partial charge in [0.15, 0.2) is 0 Å². The SMILES string of the molecule is CCCCn1cnc2sc(C(=O)N(CCOC)CCOC)c(C)c2c1=O. The lowest BCUT2D eigenvalue weighted by Gasteiger charge is -2.21. The van der Waals surface area contributed by atoms with E-state index >= 15 is 0 Å². The Bertz CT molecular complexity index is 792. The largest absolute Gasteiger partial charge is 0.383 e. The summed E-state index contributed by atoms with van der Waals surface area (Å²) in [7, 11) is 3.21. The molecule has 2 rings (SSSR count). The Kier molecular flexibility index (Phi) is 7.74. The Morgan fingerprint density at radius 2 is 1.92 bits per heavy atom. The van der Waals surface area contributed by atoms with Crippen molar-refractivity contribution >= 4 is 27.5 Å². The third-order valence-corrected chi connectivity index (χ3v) is 5.47.